The van der Waals surface area contributed by atoms with Gasteiger partial charge in [-0.25, -0.2) is 0 Å². The molecule has 0 amide bonds. The fourth-order valence-corrected chi connectivity index (χ4v) is 11.2. The van der Waals surface area contributed by atoms with Crippen molar-refractivity contribution in [1.29, 1.82) is 0 Å². The van der Waals surface area contributed by atoms with Gasteiger partial charge in [-0.05, 0) is 103 Å². The minimum absolute atomic E-state index is 0.0438. The molecule has 5 fully saturated rings. The molecule has 3 heteroatoms. The molecule has 3 nitrogen and oxygen atoms in total. The van der Waals surface area contributed by atoms with E-state index in [1.54, 1.807) is 0 Å². The number of aliphatic hydroxyl groups excluding tert-OH is 2. The molecule has 2 N–H and O–H groups in total. The Balaban J connectivity index is 1.58. The van der Waals surface area contributed by atoms with E-state index in [-0.39, 0.29) is 33.0 Å². The van der Waals surface area contributed by atoms with Crippen LogP contribution in [0, 0.1) is 56.2 Å². The Morgan fingerprint density at radius 2 is 1.45 bits per heavy atom. The van der Waals surface area contributed by atoms with Crippen molar-refractivity contribution in [3.8, 4) is 0 Å². The molecule has 5 saturated carbocycles. The Labute approximate surface area is 202 Å². The van der Waals surface area contributed by atoms with E-state index < -0.39 is 6.10 Å². The Kier molecular flexibility index (Phi) is 5.22. The fraction of sp³-hybridized carbons (Fsp3) is 0.967. The number of Topliss-reactive ketones (excluding diaryl/α,β-unsaturated/α-hetero) is 1. The van der Waals surface area contributed by atoms with Gasteiger partial charge in [-0.2, -0.15) is 0 Å². The van der Waals surface area contributed by atoms with Gasteiger partial charge in [-0.3, -0.25) is 4.79 Å². The van der Waals surface area contributed by atoms with Crippen molar-refractivity contribution in [2.45, 2.75) is 119 Å². The average molecular weight is 459 g/mol. The molecule has 0 heterocycles. The van der Waals surface area contributed by atoms with E-state index in [1.165, 1.54) is 32.1 Å². The van der Waals surface area contributed by atoms with Crippen LogP contribution in [-0.4, -0.2) is 28.7 Å². The largest absolute Gasteiger partial charge is 0.396 e. The lowest BCUT2D eigenvalue weighted by molar-refractivity contribution is -0.280. The third-order valence-corrected chi connectivity index (χ3v) is 13.9. The van der Waals surface area contributed by atoms with Crippen LogP contribution in [0.1, 0.15) is 113 Å². The fourth-order valence-electron chi connectivity index (χ4n) is 11.2. The third-order valence-electron chi connectivity index (χ3n) is 13.9. The molecule has 33 heavy (non-hydrogen) atoms. The predicted octanol–water partition coefficient (Wildman–Crippen LogP) is 6.40. The highest BCUT2D eigenvalue weighted by molar-refractivity contribution is 5.82. The predicted molar refractivity (Wildman–Crippen MR) is 133 cm³/mol. The quantitative estimate of drug-likeness (QED) is 0.478. The van der Waals surface area contributed by atoms with Crippen molar-refractivity contribution < 1.29 is 15.0 Å². The van der Waals surface area contributed by atoms with Crippen LogP contribution in [0.15, 0.2) is 0 Å². The molecule has 5 aliphatic carbocycles. The SMILES string of the molecule is CC1C(=O)CCC2C3(C)CCC4(C)C5CC(C)(C)CCC5(CO)CCC4(C)C3CC(O)C12C. The highest BCUT2D eigenvalue weighted by Gasteiger charge is 2.72. The van der Waals surface area contributed by atoms with Gasteiger partial charge in [0.2, 0.25) is 0 Å². The standard InChI is InChI=1S/C30H50O3/c1-19-20(32)8-9-21-26(4)11-12-28(6)23-17-25(2,3)10-14-30(23,18-31)15-13-27(28,5)22(26)16-24(33)29(19,21)7/h19,21-24,31,33H,8-18H2,1-7H3. The van der Waals surface area contributed by atoms with E-state index in [1.807, 2.05) is 0 Å². The highest BCUT2D eigenvalue weighted by Crippen LogP contribution is 2.78. The second kappa shape index (κ2) is 7.09. The van der Waals surface area contributed by atoms with E-state index in [0.29, 0.717) is 42.0 Å². The first kappa shape index (κ1) is 24.3. The number of fused-ring (bicyclic) bond motifs is 7. The molecule has 5 rings (SSSR count). The van der Waals surface area contributed by atoms with Crippen LogP contribution >= 0.6 is 0 Å². The minimum atomic E-state index is -0.397. The van der Waals surface area contributed by atoms with Gasteiger partial charge in [0.05, 0.1) is 6.10 Å². The summed E-state index contributed by atoms with van der Waals surface area (Å²) < 4.78 is 0. The lowest BCUT2D eigenvalue weighted by Crippen LogP contribution is -2.70. The number of ketones is 1. The van der Waals surface area contributed by atoms with Gasteiger partial charge >= 0.3 is 0 Å². The molecule has 5 aliphatic rings. The normalized spacial score (nSPS) is 58.0. The van der Waals surface area contributed by atoms with Crippen LogP contribution < -0.4 is 0 Å². The molecule has 10 unspecified atom stereocenters. The van der Waals surface area contributed by atoms with Gasteiger partial charge in [-0.1, -0.05) is 48.5 Å². The molecule has 0 radical (unpaired) electrons. The Bertz CT molecular complexity index is 834. The summed E-state index contributed by atoms with van der Waals surface area (Å²) in [5.74, 6) is 1.77. The van der Waals surface area contributed by atoms with Crippen molar-refractivity contribution in [3.63, 3.8) is 0 Å². The molecule has 0 aromatic heterocycles. The van der Waals surface area contributed by atoms with Gasteiger partial charge in [0.15, 0.2) is 0 Å². The van der Waals surface area contributed by atoms with Gasteiger partial charge in [0.1, 0.15) is 5.78 Å². The van der Waals surface area contributed by atoms with Crippen molar-refractivity contribution in [1.82, 2.24) is 0 Å². The van der Waals surface area contributed by atoms with E-state index in [9.17, 15) is 15.0 Å². The summed E-state index contributed by atoms with van der Waals surface area (Å²) in [7, 11) is 0. The number of carbonyl (C=O) groups excluding carboxylic acids is 1. The molecule has 0 bridgehead atoms. The maximum absolute atomic E-state index is 12.8. The average Bonchev–Trinajstić information content (AvgIpc) is 2.76. The number of hydrogen-bond acceptors (Lipinski definition) is 3. The maximum atomic E-state index is 12.8. The second-order valence-electron chi connectivity index (χ2n) is 15.2. The lowest BCUT2D eigenvalue weighted by Gasteiger charge is -2.75. The summed E-state index contributed by atoms with van der Waals surface area (Å²) in [6, 6.07) is 0. The monoisotopic (exact) mass is 458 g/mol. The van der Waals surface area contributed by atoms with Crippen molar-refractivity contribution in [2.24, 2.45) is 56.2 Å². The molecule has 188 valence electrons. The first-order valence-electron chi connectivity index (χ1n) is 14.0. The Morgan fingerprint density at radius 1 is 0.848 bits per heavy atom. The summed E-state index contributed by atoms with van der Waals surface area (Å²) in [4.78, 5) is 12.8. The van der Waals surface area contributed by atoms with Crippen molar-refractivity contribution in [3.05, 3.63) is 0 Å². The van der Waals surface area contributed by atoms with Gasteiger partial charge in [0.25, 0.3) is 0 Å². The molecule has 0 spiro atoms. The summed E-state index contributed by atoms with van der Waals surface area (Å²) in [6.45, 7) is 17.2. The first-order valence-corrected chi connectivity index (χ1v) is 14.0. The summed E-state index contributed by atoms with van der Waals surface area (Å²) in [6.07, 6.45) is 10.4. The third kappa shape index (κ3) is 2.85. The van der Waals surface area contributed by atoms with Gasteiger partial charge < -0.3 is 10.2 Å². The van der Waals surface area contributed by atoms with Gasteiger partial charge in [-0.15, -0.1) is 0 Å². The highest BCUT2D eigenvalue weighted by atomic mass is 16.3. The maximum Gasteiger partial charge on any atom is 0.136 e. The second-order valence-corrected chi connectivity index (χ2v) is 15.2. The number of hydrogen-bond donors (Lipinski definition) is 2. The topological polar surface area (TPSA) is 57.5 Å². The number of aliphatic hydroxyl groups is 2. The van der Waals surface area contributed by atoms with E-state index >= 15 is 0 Å². The van der Waals surface area contributed by atoms with Crippen molar-refractivity contribution >= 4 is 5.78 Å². The zero-order chi connectivity index (χ0) is 24.2. The van der Waals surface area contributed by atoms with Crippen LogP contribution in [0.2, 0.25) is 0 Å². The van der Waals surface area contributed by atoms with Crippen LogP contribution in [0.4, 0.5) is 0 Å². The molecule has 0 aliphatic heterocycles. The van der Waals surface area contributed by atoms with E-state index in [2.05, 4.69) is 48.5 Å². The minimum Gasteiger partial charge on any atom is -0.396 e. The smallest absolute Gasteiger partial charge is 0.136 e. The molecular weight excluding hydrogens is 408 g/mol. The van der Waals surface area contributed by atoms with E-state index in [0.717, 1.165) is 25.7 Å². The molecule has 0 aromatic carbocycles. The van der Waals surface area contributed by atoms with Crippen molar-refractivity contribution in [2.75, 3.05) is 6.61 Å². The van der Waals surface area contributed by atoms with Crippen LogP contribution in [0.3, 0.4) is 0 Å². The first-order chi connectivity index (χ1) is 15.2. The summed E-state index contributed by atoms with van der Waals surface area (Å²) in [5, 5.41) is 22.4. The zero-order valence-corrected chi connectivity index (χ0v) is 22.5. The van der Waals surface area contributed by atoms with Crippen LogP contribution in [0.5, 0.6) is 0 Å². The number of rotatable bonds is 1. The molecule has 10 atom stereocenters. The lowest BCUT2D eigenvalue weighted by atomic mass is 9.29. The summed E-state index contributed by atoms with van der Waals surface area (Å²) >= 11 is 0. The Morgan fingerprint density at radius 3 is 2.12 bits per heavy atom. The van der Waals surface area contributed by atoms with Crippen LogP contribution in [0.25, 0.3) is 0 Å². The summed E-state index contributed by atoms with van der Waals surface area (Å²) in [5.41, 5.74) is 0.686. The molecule has 0 aromatic rings. The molecule has 0 saturated heterocycles. The Hall–Kier alpha value is -0.410. The molecular formula is C30H50O3. The van der Waals surface area contributed by atoms with Crippen LogP contribution in [-0.2, 0) is 4.79 Å². The zero-order valence-electron chi connectivity index (χ0n) is 22.5. The van der Waals surface area contributed by atoms with E-state index in [4.69, 9.17) is 0 Å². The van der Waals surface area contributed by atoms with Gasteiger partial charge in [0, 0.05) is 24.4 Å². The number of carbonyl (C=O) groups is 1.